The van der Waals surface area contributed by atoms with Gasteiger partial charge < -0.3 is 5.11 Å². The molecule has 1 aromatic heterocycles. The van der Waals surface area contributed by atoms with E-state index in [0.717, 1.165) is 16.1 Å². The van der Waals surface area contributed by atoms with Crippen molar-refractivity contribution in [3.63, 3.8) is 0 Å². The molecule has 3 aromatic rings. The van der Waals surface area contributed by atoms with Gasteiger partial charge in [0.15, 0.2) is 5.13 Å². The molecule has 5 nitrogen and oxygen atoms in total. The Labute approximate surface area is 177 Å². The van der Waals surface area contributed by atoms with Gasteiger partial charge in [0, 0.05) is 10.4 Å². The molecule has 2 aromatic carbocycles. The molecule has 1 N–H and O–H groups in total. The van der Waals surface area contributed by atoms with Crippen LogP contribution >= 0.6 is 11.3 Å². The highest BCUT2D eigenvalue weighted by Crippen LogP contribution is 2.43. The van der Waals surface area contributed by atoms with Crippen LogP contribution in [0.15, 0.2) is 54.1 Å². The van der Waals surface area contributed by atoms with Gasteiger partial charge in [-0.1, -0.05) is 29.8 Å². The molecule has 1 aliphatic heterocycles. The van der Waals surface area contributed by atoms with E-state index >= 15 is 0 Å². The summed E-state index contributed by atoms with van der Waals surface area (Å²) in [5.74, 6) is -2.35. The van der Waals surface area contributed by atoms with Crippen LogP contribution in [0, 0.1) is 26.6 Å². The summed E-state index contributed by atoms with van der Waals surface area (Å²) in [5, 5.41) is 11.3. The molecule has 152 valence electrons. The number of ketones is 1. The number of Topliss-reactive ketones (excluding diaryl/α,β-unsaturated/α-hetero) is 1. The molecule has 0 saturated carbocycles. The van der Waals surface area contributed by atoms with Crippen LogP contribution in [-0.4, -0.2) is 21.8 Å². The normalized spacial score (nSPS) is 18.3. The fraction of sp³-hybridized carbons (Fsp3) is 0.174. The number of halogens is 1. The van der Waals surface area contributed by atoms with E-state index in [9.17, 15) is 19.1 Å². The van der Waals surface area contributed by atoms with Crippen molar-refractivity contribution in [2.75, 3.05) is 4.90 Å². The summed E-state index contributed by atoms with van der Waals surface area (Å²) in [6.45, 7) is 5.67. The molecule has 1 amide bonds. The van der Waals surface area contributed by atoms with Crippen LogP contribution < -0.4 is 4.90 Å². The van der Waals surface area contributed by atoms with Gasteiger partial charge >= 0.3 is 5.91 Å². The SMILES string of the molecule is Cc1ccc([C@@H]2/C(=C(\O)c3ccc(F)cc3)C(=O)C(=O)N2c2nc(C)c(C)s2)cc1. The smallest absolute Gasteiger partial charge is 0.301 e. The molecule has 0 bridgehead atoms. The van der Waals surface area contributed by atoms with Crippen LogP contribution in [0.2, 0.25) is 0 Å². The topological polar surface area (TPSA) is 70.5 Å². The number of carbonyl (C=O) groups excluding carboxylic acids is 2. The van der Waals surface area contributed by atoms with Crippen molar-refractivity contribution >= 4 is 33.9 Å². The molecular formula is C23H19FN2O3S. The first kappa shape index (κ1) is 20.0. The van der Waals surface area contributed by atoms with Gasteiger partial charge in [-0.05, 0) is 50.6 Å². The number of nitrogens with zero attached hydrogens (tertiary/aromatic N) is 2. The first-order valence-corrected chi connectivity index (χ1v) is 10.2. The Hall–Kier alpha value is -3.32. The lowest BCUT2D eigenvalue weighted by molar-refractivity contribution is -0.132. The molecule has 4 rings (SSSR count). The van der Waals surface area contributed by atoms with Gasteiger partial charge in [0.05, 0.1) is 17.3 Å². The van der Waals surface area contributed by atoms with Gasteiger partial charge in [-0.3, -0.25) is 14.5 Å². The van der Waals surface area contributed by atoms with E-state index in [0.29, 0.717) is 10.7 Å². The van der Waals surface area contributed by atoms with Gasteiger partial charge in [-0.2, -0.15) is 0 Å². The molecule has 1 aliphatic rings. The van der Waals surface area contributed by atoms with Gasteiger partial charge in [0.2, 0.25) is 0 Å². The van der Waals surface area contributed by atoms with E-state index in [1.165, 1.54) is 40.5 Å². The number of hydrogen-bond donors (Lipinski definition) is 1. The Balaban J connectivity index is 1.94. The Morgan fingerprint density at radius 2 is 1.67 bits per heavy atom. The number of aliphatic hydroxyl groups is 1. The molecule has 1 saturated heterocycles. The zero-order chi connectivity index (χ0) is 21.6. The first-order chi connectivity index (χ1) is 14.3. The summed E-state index contributed by atoms with van der Waals surface area (Å²) in [4.78, 5) is 32.8. The van der Waals surface area contributed by atoms with Crippen LogP contribution in [0.5, 0.6) is 0 Å². The van der Waals surface area contributed by atoms with Gasteiger partial charge in [-0.25, -0.2) is 9.37 Å². The highest BCUT2D eigenvalue weighted by molar-refractivity contribution is 7.16. The number of aliphatic hydroxyl groups excluding tert-OH is 1. The van der Waals surface area contributed by atoms with Crippen molar-refractivity contribution < 1.29 is 19.1 Å². The van der Waals surface area contributed by atoms with Gasteiger partial charge in [0.1, 0.15) is 11.6 Å². The number of carbonyl (C=O) groups is 2. The average molecular weight is 422 g/mol. The van der Waals surface area contributed by atoms with Crippen molar-refractivity contribution in [2.24, 2.45) is 0 Å². The molecule has 2 heterocycles. The van der Waals surface area contributed by atoms with E-state index in [1.54, 1.807) is 0 Å². The number of thiazole rings is 1. The third-order valence-electron chi connectivity index (χ3n) is 5.18. The lowest BCUT2D eigenvalue weighted by Gasteiger charge is -2.23. The zero-order valence-electron chi connectivity index (χ0n) is 16.6. The Morgan fingerprint density at radius 3 is 2.23 bits per heavy atom. The second kappa shape index (κ2) is 7.50. The summed E-state index contributed by atoms with van der Waals surface area (Å²) in [6.07, 6.45) is 0. The van der Waals surface area contributed by atoms with Crippen LogP contribution in [0.4, 0.5) is 9.52 Å². The molecule has 0 spiro atoms. The maximum absolute atomic E-state index is 13.3. The van der Waals surface area contributed by atoms with E-state index < -0.39 is 23.5 Å². The van der Waals surface area contributed by atoms with Crippen molar-refractivity contribution in [3.8, 4) is 0 Å². The molecule has 1 fully saturated rings. The van der Waals surface area contributed by atoms with Crippen molar-refractivity contribution in [2.45, 2.75) is 26.8 Å². The summed E-state index contributed by atoms with van der Waals surface area (Å²) < 4.78 is 13.3. The van der Waals surface area contributed by atoms with E-state index in [4.69, 9.17) is 0 Å². The lowest BCUT2D eigenvalue weighted by atomic mass is 9.95. The second-order valence-electron chi connectivity index (χ2n) is 7.22. The molecule has 30 heavy (non-hydrogen) atoms. The van der Waals surface area contributed by atoms with Crippen LogP contribution in [-0.2, 0) is 9.59 Å². The zero-order valence-corrected chi connectivity index (χ0v) is 17.5. The summed E-state index contributed by atoms with van der Waals surface area (Å²) >= 11 is 1.32. The molecule has 0 aliphatic carbocycles. The maximum Gasteiger partial charge on any atom is 0.301 e. The number of hydrogen-bond acceptors (Lipinski definition) is 5. The van der Waals surface area contributed by atoms with Crippen molar-refractivity contribution in [1.29, 1.82) is 0 Å². The number of anilines is 1. The number of benzene rings is 2. The molecule has 0 unspecified atom stereocenters. The standard InChI is InChI=1S/C23H19FN2O3S/c1-12-4-6-15(7-5-12)19-18(20(27)16-8-10-17(24)11-9-16)21(28)22(29)26(19)23-25-13(2)14(3)30-23/h4-11,19,27H,1-3H3/b20-18+/t19-/m1/s1. The third-order valence-corrected chi connectivity index (χ3v) is 6.25. The van der Waals surface area contributed by atoms with Gasteiger partial charge in [0.25, 0.3) is 5.78 Å². The maximum atomic E-state index is 13.3. The van der Waals surface area contributed by atoms with Crippen molar-refractivity contribution in [1.82, 2.24) is 4.98 Å². The first-order valence-electron chi connectivity index (χ1n) is 9.35. The highest BCUT2D eigenvalue weighted by Gasteiger charge is 2.48. The monoisotopic (exact) mass is 422 g/mol. The average Bonchev–Trinajstić information content (AvgIpc) is 3.18. The number of amides is 1. The molecule has 1 atom stereocenters. The minimum Gasteiger partial charge on any atom is -0.507 e. The van der Waals surface area contributed by atoms with E-state index in [2.05, 4.69) is 4.98 Å². The Bertz CT molecular complexity index is 1160. The van der Waals surface area contributed by atoms with E-state index in [1.807, 2.05) is 45.0 Å². The predicted octanol–water partition coefficient (Wildman–Crippen LogP) is 4.83. The van der Waals surface area contributed by atoms with Crippen LogP contribution in [0.3, 0.4) is 0 Å². The third kappa shape index (κ3) is 3.31. The molecular weight excluding hydrogens is 403 g/mol. The quantitative estimate of drug-likeness (QED) is 0.373. The molecule has 0 radical (unpaired) electrons. The Kier molecular flexibility index (Phi) is 4.99. The number of rotatable bonds is 3. The minimum absolute atomic E-state index is 0.0408. The highest BCUT2D eigenvalue weighted by atomic mass is 32.1. The number of aryl methyl sites for hydroxylation is 3. The summed E-state index contributed by atoms with van der Waals surface area (Å²) in [6, 6.07) is 11.7. The largest absolute Gasteiger partial charge is 0.507 e. The van der Waals surface area contributed by atoms with Gasteiger partial charge in [-0.15, -0.1) is 11.3 Å². The van der Waals surface area contributed by atoms with Crippen LogP contribution in [0.1, 0.15) is 33.3 Å². The lowest BCUT2D eigenvalue weighted by Crippen LogP contribution is -2.29. The Morgan fingerprint density at radius 1 is 1.03 bits per heavy atom. The van der Waals surface area contributed by atoms with E-state index in [-0.39, 0.29) is 16.9 Å². The summed E-state index contributed by atoms with van der Waals surface area (Å²) in [5.41, 5.74) is 2.70. The summed E-state index contributed by atoms with van der Waals surface area (Å²) in [7, 11) is 0. The minimum atomic E-state index is -0.833. The molecule has 7 heteroatoms. The van der Waals surface area contributed by atoms with Crippen LogP contribution in [0.25, 0.3) is 5.76 Å². The second-order valence-corrected chi connectivity index (χ2v) is 8.41. The fourth-order valence-corrected chi connectivity index (χ4v) is 4.35. The number of aromatic nitrogens is 1. The fourth-order valence-electron chi connectivity index (χ4n) is 3.42. The van der Waals surface area contributed by atoms with Crippen molar-refractivity contribution in [3.05, 3.63) is 87.2 Å². The predicted molar refractivity (Wildman–Crippen MR) is 114 cm³/mol.